The fourth-order valence-corrected chi connectivity index (χ4v) is 6.89. The molecule has 0 saturated heterocycles. The molecular weight excluding hydrogens is 408 g/mol. The third kappa shape index (κ3) is 3.03. The number of aromatic nitrogens is 1. The molecule has 1 aromatic carbocycles. The molecular formula is C21H20N2O2S3. The van der Waals surface area contributed by atoms with Gasteiger partial charge in [-0.2, -0.15) is 0 Å². The summed E-state index contributed by atoms with van der Waals surface area (Å²) >= 11 is 2.76. The van der Waals surface area contributed by atoms with Gasteiger partial charge in [0.1, 0.15) is 9.04 Å². The molecule has 2 N–H and O–H groups in total. The van der Waals surface area contributed by atoms with Crippen LogP contribution in [0.5, 0.6) is 0 Å². The van der Waals surface area contributed by atoms with Gasteiger partial charge in [0.2, 0.25) is 0 Å². The third-order valence-corrected chi connectivity index (χ3v) is 9.59. The van der Waals surface area contributed by atoms with Gasteiger partial charge in [-0.15, -0.1) is 22.7 Å². The summed E-state index contributed by atoms with van der Waals surface area (Å²) in [4.78, 5) is 6.44. The van der Waals surface area contributed by atoms with Crippen LogP contribution in [0.3, 0.4) is 0 Å². The van der Waals surface area contributed by atoms with Crippen molar-refractivity contribution in [1.82, 2.24) is 4.98 Å². The molecule has 7 heteroatoms. The maximum Gasteiger partial charge on any atom is 0.194 e. The summed E-state index contributed by atoms with van der Waals surface area (Å²) in [6, 6.07) is 15.9. The van der Waals surface area contributed by atoms with Crippen molar-refractivity contribution in [2.24, 2.45) is 0 Å². The van der Waals surface area contributed by atoms with Crippen molar-refractivity contribution in [3.8, 4) is 21.7 Å². The van der Waals surface area contributed by atoms with E-state index < -0.39 is 14.6 Å². The van der Waals surface area contributed by atoms with E-state index in [1.807, 2.05) is 53.9 Å². The largest absolute Gasteiger partial charge is 0.396 e. The summed E-state index contributed by atoms with van der Waals surface area (Å²) in [6.45, 7) is 5.07. The number of nitrogens with zero attached hydrogens (tertiary/aromatic N) is 1. The van der Waals surface area contributed by atoms with Crippen LogP contribution in [0.4, 0.5) is 5.69 Å². The molecule has 0 aliphatic heterocycles. The molecule has 144 valence electrons. The highest BCUT2D eigenvalue weighted by Crippen LogP contribution is 2.45. The van der Waals surface area contributed by atoms with E-state index in [4.69, 9.17) is 10.7 Å². The molecule has 0 aliphatic carbocycles. The van der Waals surface area contributed by atoms with Crippen LogP contribution in [-0.2, 0) is 9.84 Å². The van der Waals surface area contributed by atoms with Crippen molar-refractivity contribution in [3.63, 3.8) is 0 Å². The Morgan fingerprint density at radius 2 is 1.75 bits per heavy atom. The van der Waals surface area contributed by atoms with E-state index in [2.05, 4.69) is 0 Å². The summed E-state index contributed by atoms with van der Waals surface area (Å²) in [6.07, 6.45) is 0. The Morgan fingerprint density at radius 3 is 2.36 bits per heavy atom. The molecule has 0 bridgehead atoms. The minimum Gasteiger partial charge on any atom is -0.396 e. The summed E-state index contributed by atoms with van der Waals surface area (Å²) in [5, 5.41) is 2.71. The summed E-state index contributed by atoms with van der Waals surface area (Å²) in [5.41, 5.74) is 9.42. The molecule has 0 unspecified atom stereocenters. The molecule has 28 heavy (non-hydrogen) atoms. The topological polar surface area (TPSA) is 73.0 Å². The number of fused-ring (bicyclic) bond motifs is 1. The molecule has 4 nitrogen and oxygen atoms in total. The Morgan fingerprint density at radius 1 is 1.04 bits per heavy atom. The molecule has 3 aromatic heterocycles. The minimum absolute atomic E-state index is 0.197. The average Bonchev–Trinajstić information content (AvgIpc) is 3.29. The lowest BCUT2D eigenvalue weighted by Crippen LogP contribution is -2.27. The molecule has 0 fully saturated rings. The standard InChI is InChI=1S/C21H20N2O2S3/c1-21(2,3)28(24,25)20-18(22)17-14(13-8-5-4-6-9-13)12-15(23-19(17)27-20)16-10-7-11-26-16/h4-12H,22H2,1-3H3. The van der Waals surface area contributed by atoms with E-state index in [-0.39, 0.29) is 4.21 Å². The van der Waals surface area contributed by atoms with E-state index >= 15 is 0 Å². The lowest BCUT2D eigenvalue weighted by atomic mass is 10.0. The number of sulfone groups is 1. The maximum absolute atomic E-state index is 13.1. The zero-order valence-electron chi connectivity index (χ0n) is 15.8. The highest BCUT2D eigenvalue weighted by atomic mass is 32.2. The van der Waals surface area contributed by atoms with Gasteiger partial charge < -0.3 is 5.73 Å². The molecule has 4 rings (SSSR count). The van der Waals surface area contributed by atoms with Gasteiger partial charge in [0.15, 0.2) is 9.84 Å². The predicted octanol–water partition coefficient (Wildman–Crippen LogP) is 5.85. The van der Waals surface area contributed by atoms with Gasteiger partial charge in [-0.3, -0.25) is 0 Å². The van der Waals surface area contributed by atoms with Gasteiger partial charge in [-0.05, 0) is 49.4 Å². The lowest BCUT2D eigenvalue weighted by Gasteiger charge is -2.18. The number of nitrogen functional groups attached to an aromatic ring is 1. The quantitative estimate of drug-likeness (QED) is 0.444. The number of hydrogen-bond acceptors (Lipinski definition) is 6. The number of thiophene rings is 2. The number of benzene rings is 1. The molecule has 0 atom stereocenters. The fraction of sp³-hybridized carbons (Fsp3) is 0.190. The second kappa shape index (κ2) is 6.69. The van der Waals surface area contributed by atoms with Crippen molar-refractivity contribution in [1.29, 1.82) is 0 Å². The van der Waals surface area contributed by atoms with E-state index in [0.717, 1.165) is 33.0 Å². The number of hydrogen-bond donors (Lipinski definition) is 1. The predicted molar refractivity (Wildman–Crippen MR) is 120 cm³/mol. The van der Waals surface area contributed by atoms with Gasteiger partial charge in [-0.1, -0.05) is 36.4 Å². The molecule has 0 aliphatic rings. The van der Waals surface area contributed by atoms with Crippen molar-refractivity contribution in [2.75, 3.05) is 5.73 Å². The third-order valence-electron chi connectivity index (χ3n) is 4.57. The molecule has 3 heterocycles. The highest BCUT2D eigenvalue weighted by molar-refractivity contribution is 7.95. The summed E-state index contributed by atoms with van der Waals surface area (Å²) < 4.78 is 25.5. The molecule has 4 aromatic rings. The molecule has 0 radical (unpaired) electrons. The van der Waals surface area contributed by atoms with Crippen molar-refractivity contribution in [3.05, 3.63) is 53.9 Å². The van der Waals surface area contributed by atoms with Crippen molar-refractivity contribution >= 4 is 48.4 Å². The number of nitrogens with two attached hydrogens (primary N) is 1. The maximum atomic E-state index is 13.1. The first-order valence-corrected chi connectivity index (χ1v) is 11.9. The Bertz CT molecular complexity index is 1250. The lowest BCUT2D eigenvalue weighted by molar-refractivity contribution is 0.563. The zero-order chi connectivity index (χ0) is 20.1. The van der Waals surface area contributed by atoms with Gasteiger partial charge in [0, 0.05) is 5.39 Å². The Hall–Kier alpha value is -2.22. The van der Waals surface area contributed by atoms with Crippen LogP contribution < -0.4 is 5.73 Å². The zero-order valence-corrected chi connectivity index (χ0v) is 18.2. The normalized spacial score (nSPS) is 12.5. The van der Waals surface area contributed by atoms with Gasteiger partial charge in [0.05, 0.1) is 21.0 Å². The first kappa shape index (κ1) is 19.1. The monoisotopic (exact) mass is 428 g/mol. The fourth-order valence-electron chi connectivity index (χ4n) is 2.97. The second-order valence-electron chi connectivity index (χ2n) is 7.50. The van der Waals surface area contributed by atoms with E-state index in [1.165, 1.54) is 0 Å². The van der Waals surface area contributed by atoms with Crippen LogP contribution in [-0.4, -0.2) is 18.1 Å². The first-order chi connectivity index (χ1) is 13.2. The number of rotatable bonds is 3. The molecule has 0 saturated carbocycles. The first-order valence-electron chi connectivity index (χ1n) is 8.77. The average molecular weight is 429 g/mol. The highest BCUT2D eigenvalue weighted by Gasteiger charge is 2.35. The van der Waals surface area contributed by atoms with E-state index in [0.29, 0.717) is 15.9 Å². The second-order valence-corrected chi connectivity index (χ2v) is 12.3. The Kier molecular flexibility index (Phi) is 4.56. The van der Waals surface area contributed by atoms with Crippen LogP contribution >= 0.6 is 22.7 Å². The number of anilines is 1. The molecule has 0 spiro atoms. The SMILES string of the molecule is CC(C)(C)S(=O)(=O)c1sc2nc(-c3cccs3)cc(-c3ccccc3)c2c1N. The summed E-state index contributed by atoms with van der Waals surface area (Å²) in [5.74, 6) is 0. The summed E-state index contributed by atoms with van der Waals surface area (Å²) in [7, 11) is -3.58. The molecule has 0 amide bonds. The van der Waals surface area contributed by atoms with Crippen LogP contribution in [0, 0.1) is 0 Å². The van der Waals surface area contributed by atoms with Crippen LogP contribution in [0.1, 0.15) is 20.8 Å². The minimum atomic E-state index is -3.58. The van der Waals surface area contributed by atoms with E-state index in [9.17, 15) is 8.42 Å². The Balaban J connectivity index is 2.08. The Labute approximate surface area is 172 Å². The van der Waals surface area contributed by atoms with Crippen molar-refractivity contribution < 1.29 is 8.42 Å². The number of pyridine rings is 1. The smallest absolute Gasteiger partial charge is 0.194 e. The van der Waals surface area contributed by atoms with Gasteiger partial charge >= 0.3 is 0 Å². The van der Waals surface area contributed by atoms with Crippen LogP contribution in [0.25, 0.3) is 31.9 Å². The van der Waals surface area contributed by atoms with Gasteiger partial charge in [0.25, 0.3) is 0 Å². The van der Waals surface area contributed by atoms with Crippen LogP contribution in [0.2, 0.25) is 0 Å². The van der Waals surface area contributed by atoms with Crippen LogP contribution in [0.15, 0.2) is 58.1 Å². The van der Waals surface area contributed by atoms with Gasteiger partial charge in [-0.25, -0.2) is 13.4 Å². The van der Waals surface area contributed by atoms with E-state index in [1.54, 1.807) is 32.1 Å². The van der Waals surface area contributed by atoms with Crippen molar-refractivity contribution in [2.45, 2.75) is 29.7 Å².